The lowest BCUT2D eigenvalue weighted by molar-refractivity contribution is -0.0581. The van der Waals surface area contributed by atoms with E-state index >= 15 is 0 Å². The highest BCUT2D eigenvalue weighted by atomic mass is 16.6. The fraction of sp³-hybridized carbons (Fsp3) is 0.579. The maximum Gasteiger partial charge on any atom is 0.165 e. The van der Waals surface area contributed by atoms with Crippen molar-refractivity contribution in [1.29, 1.82) is 0 Å². The largest absolute Gasteiger partial charge is 0.493 e. The number of nitrogens with zero attached hydrogens (tertiary/aromatic N) is 1. The number of piperidine rings is 1. The predicted octanol–water partition coefficient (Wildman–Crippen LogP) is 2.16. The Morgan fingerprint density at radius 2 is 2.13 bits per heavy atom. The van der Waals surface area contributed by atoms with E-state index in [1.807, 2.05) is 0 Å². The normalized spacial score (nSPS) is 39.8. The first-order chi connectivity index (χ1) is 11.2. The summed E-state index contributed by atoms with van der Waals surface area (Å²) >= 11 is 0. The molecule has 5 rings (SSSR count). The Morgan fingerprint density at radius 3 is 2.91 bits per heavy atom. The van der Waals surface area contributed by atoms with E-state index in [0.717, 1.165) is 30.9 Å². The van der Waals surface area contributed by atoms with Crippen LogP contribution in [-0.4, -0.2) is 51.0 Å². The maximum atomic E-state index is 6.52. The molecule has 1 saturated heterocycles. The number of likely N-dealkylation sites (tertiary alicyclic amines) is 1. The highest BCUT2D eigenvalue weighted by molar-refractivity contribution is 5.62. The highest BCUT2D eigenvalue weighted by Gasteiger charge is 2.64. The lowest BCUT2D eigenvalue weighted by atomic mass is 9.53. The van der Waals surface area contributed by atoms with Crippen molar-refractivity contribution >= 4 is 0 Å². The van der Waals surface area contributed by atoms with Crippen molar-refractivity contribution < 1.29 is 14.2 Å². The quantitative estimate of drug-likeness (QED) is 0.783. The number of ether oxygens (including phenoxy) is 3. The van der Waals surface area contributed by atoms with Gasteiger partial charge in [-0.3, -0.25) is 0 Å². The number of likely N-dealkylation sites (N-methyl/N-ethyl adjacent to an activating group) is 1. The van der Waals surface area contributed by atoms with Crippen molar-refractivity contribution in [3.8, 4) is 11.5 Å². The van der Waals surface area contributed by atoms with Gasteiger partial charge in [-0.2, -0.15) is 0 Å². The van der Waals surface area contributed by atoms with Crippen LogP contribution in [0.3, 0.4) is 0 Å². The fourth-order valence-electron chi connectivity index (χ4n) is 5.57. The minimum Gasteiger partial charge on any atom is -0.493 e. The molecule has 1 spiro atoms. The van der Waals surface area contributed by atoms with E-state index in [4.69, 9.17) is 14.2 Å². The summed E-state index contributed by atoms with van der Waals surface area (Å²) in [5, 5.41) is 0. The van der Waals surface area contributed by atoms with E-state index in [1.54, 1.807) is 14.2 Å². The molecule has 2 bridgehead atoms. The van der Waals surface area contributed by atoms with Crippen molar-refractivity contribution in [2.45, 2.75) is 36.5 Å². The molecule has 4 heteroatoms. The van der Waals surface area contributed by atoms with Crippen LogP contribution >= 0.6 is 0 Å². The van der Waals surface area contributed by atoms with Gasteiger partial charge in [0.15, 0.2) is 11.5 Å². The van der Waals surface area contributed by atoms with Gasteiger partial charge in [-0.15, -0.1) is 0 Å². The average Bonchev–Trinajstić information content (AvgIpc) is 2.92. The van der Waals surface area contributed by atoms with Gasteiger partial charge in [-0.25, -0.2) is 0 Å². The summed E-state index contributed by atoms with van der Waals surface area (Å²) in [7, 11) is 5.77. The van der Waals surface area contributed by atoms with Crippen LogP contribution in [0, 0.1) is 5.92 Å². The van der Waals surface area contributed by atoms with Gasteiger partial charge >= 0.3 is 0 Å². The van der Waals surface area contributed by atoms with Gasteiger partial charge in [0.2, 0.25) is 0 Å². The Hall–Kier alpha value is -1.52. The Bertz CT molecular complexity index is 700. The average molecular weight is 313 g/mol. The lowest BCUT2D eigenvalue weighted by Gasteiger charge is -2.56. The first-order valence-corrected chi connectivity index (χ1v) is 8.49. The summed E-state index contributed by atoms with van der Waals surface area (Å²) in [5.41, 5.74) is 2.88. The summed E-state index contributed by atoms with van der Waals surface area (Å²) in [5.74, 6) is 2.32. The minimum absolute atomic E-state index is 0.0124. The molecule has 122 valence electrons. The van der Waals surface area contributed by atoms with E-state index < -0.39 is 0 Å². The first-order valence-electron chi connectivity index (χ1n) is 8.49. The van der Waals surface area contributed by atoms with E-state index in [9.17, 15) is 0 Å². The number of hydrogen-bond donors (Lipinski definition) is 0. The second kappa shape index (κ2) is 4.52. The van der Waals surface area contributed by atoms with Gasteiger partial charge in [0.1, 0.15) is 12.2 Å². The molecular weight excluding hydrogens is 290 g/mol. The molecule has 0 radical (unpaired) electrons. The summed E-state index contributed by atoms with van der Waals surface area (Å²) in [6, 6.07) is 4.86. The number of benzene rings is 1. The third-order valence-electron chi connectivity index (χ3n) is 6.61. The van der Waals surface area contributed by atoms with Crippen LogP contribution in [0.1, 0.15) is 17.5 Å². The molecule has 0 N–H and O–H groups in total. The Kier molecular flexibility index (Phi) is 2.73. The Labute approximate surface area is 137 Å². The molecule has 2 aliphatic carbocycles. The SMILES string of the molecule is COc1ccc2c3c1O[C@H]1[C@@H](OC)C=C[C@H]4[C@H](C2)N(C)CC[C@@]341. The van der Waals surface area contributed by atoms with Crippen LogP contribution in [0.25, 0.3) is 0 Å². The van der Waals surface area contributed by atoms with Crippen molar-refractivity contribution in [3.05, 3.63) is 35.4 Å². The van der Waals surface area contributed by atoms with Gasteiger partial charge in [0.25, 0.3) is 0 Å². The first kappa shape index (κ1) is 13.9. The number of hydrogen-bond acceptors (Lipinski definition) is 4. The molecule has 0 amide bonds. The molecule has 4 aliphatic rings. The molecule has 0 unspecified atom stereocenters. The predicted molar refractivity (Wildman–Crippen MR) is 87.3 cm³/mol. The van der Waals surface area contributed by atoms with Crippen LogP contribution in [0.4, 0.5) is 0 Å². The molecule has 5 atom stereocenters. The zero-order valence-electron chi connectivity index (χ0n) is 13.9. The van der Waals surface area contributed by atoms with Gasteiger partial charge < -0.3 is 19.1 Å². The van der Waals surface area contributed by atoms with E-state index in [1.165, 1.54) is 11.1 Å². The third-order valence-corrected chi connectivity index (χ3v) is 6.61. The van der Waals surface area contributed by atoms with Gasteiger partial charge in [-0.1, -0.05) is 18.2 Å². The number of rotatable bonds is 2. The van der Waals surface area contributed by atoms with Gasteiger partial charge in [0.05, 0.1) is 7.11 Å². The lowest BCUT2D eigenvalue weighted by Crippen LogP contribution is -2.65. The summed E-state index contributed by atoms with van der Waals surface area (Å²) < 4.78 is 17.9. The highest BCUT2D eigenvalue weighted by Crippen LogP contribution is 2.62. The number of methoxy groups -OCH3 is 2. The van der Waals surface area contributed by atoms with Crippen molar-refractivity contribution in [2.24, 2.45) is 5.92 Å². The molecule has 2 heterocycles. The molecule has 2 aliphatic heterocycles. The van der Waals surface area contributed by atoms with Crippen molar-refractivity contribution in [1.82, 2.24) is 4.90 Å². The van der Waals surface area contributed by atoms with Crippen LogP contribution in [-0.2, 0) is 16.6 Å². The zero-order chi connectivity index (χ0) is 15.8. The van der Waals surface area contributed by atoms with E-state index in [2.05, 4.69) is 36.2 Å². The van der Waals surface area contributed by atoms with E-state index in [0.29, 0.717) is 12.0 Å². The van der Waals surface area contributed by atoms with Crippen LogP contribution < -0.4 is 9.47 Å². The Morgan fingerprint density at radius 1 is 1.26 bits per heavy atom. The molecule has 23 heavy (non-hydrogen) atoms. The van der Waals surface area contributed by atoms with Crippen molar-refractivity contribution in [3.63, 3.8) is 0 Å². The van der Waals surface area contributed by atoms with E-state index in [-0.39, 0.29) is 17.6 Å². The second-order valence-corrected chi connectivity index (χ2v) is 7.32. The molecule has 1 aromatic carbocycles. The van der Waals surface area contributed by atoms with Crippen molar-refractivity contribution in [2.75, 3.05) is 27.8 Å². The standard InChI is InChI=1S/C19H23NO3/c1-20-9-8-19-12-5-7-15(22-3)18(19)23-17-14(21-2)6-4-11(16(17)19)10-13(12)20/h4-7,12-13,15,18H,8-10H2,1-3H3/t12-,13-,15-,18-,19-/m0/s1. The molecule has 1 aromatic rings. The third kappa shape index (κ3) is 1.49. The topological polar surface area (TPSA) is 30.9 Å². The molecule has 1 fully saturated rings. The Balaban J connectivity index is 1.80. The maximum absolute atomic E-state index is 6.52. The monoisotopic (exact) mass is 313 g/mol. The summed E-state index contributed by atoms with van der Waals surface area (Å²) in [6.45, 7) is 1.11. The molecule has 0 saturated carbocycles. The summed E-state index contributed by atoms with van der Waals surface area (Å²) in [6.07, 6.45) is 6.89. The van der Waals surface area contributed by atoms with Gasteiger partial charge in [0, 0.05) is 30.0 Å². The van der Waals surface area contributed by atoms with Crippen LogP contribution in [0.2, 0.25) is 0 Å². The second-order valence-electron chi connectivity index (χ2n) is 7.32. The van der Waals surface area contributed by atoms with Crippen LogP contribution in [0.5, 0.6) is 11.5 Å². The summed E-state index contributed by atoms with van der Waals surface area (Å²) in [4.78, 5) is 2.52. The molecular formula is C19H23NO3. The minimum atomic E-state index is 0.0124. The smallest absolute Gasteiger partial charge is 0.165 e. The van der Waals surface area contributed by atoms with Gasteiger partial charge in [-0.05, 0) is 38.1 Å². The zero-order valence-corrected chi connectivity index (χ0v) is 13.9. The molecule has 0 aromatic heterocycles. The van der Waals surface area contributed by atoms with Crippen LogP contribution in [0.15, 0.2) is 24.3 Å². The molecule has 4 nitrogen and oxygen atoms in total. The fourth-order valence-corrected chi connectivity index (χ4v) is 5.57.